The molecule has 1 aromatic rings. The van der Waals surface area contributed by atoms with E-state index < -0.39 is 5.82 Å². The van der Waals surface area contributed by atoms with Gasteiger partial charge >= 0.3 is 0 Å². The molecule has 1 saturated carbocycles. The van der Waals surface area contributed by atoms with Crippen molar-refractivity contribution < 1.29 is 13.9 Å². The van der Waals surface area contributed by atoms with Gasteiger partial charge in [-0.3, -0.25) is 0 Å². The Morgan fingerprint density at radius 1 is 1.26 bits per heavy atom. The number of hydrogen-bond acceptors (Lipinski definition) is 3. The molecule has 0 aromatic heterocycles. The van der Waals surface area contributed by atoms with Gasteiger partial charge < -0.3 is 15.2 Å². The Morgan fingerprint density at radius 2 is 1.84 bits per heavy atom. The minimum Gasteiger partial charge on any atom is -0.492 e. The summed E-state index contributed by atoms with van der Waals surface area (Å²) in [7, 11) is 2.98. The van der Waals surface area contributed by atoms with Gasteiger partial charge in [0.1, 0.15) is 0 Å². The standard InChI is InChI=1S/C14H19BrFNO2/c1-18-12-10(16)7-9(15)11(13(12)19-2)14(8-17)5-3-4-6-14/h7H,3-6,8,17H2,1-2H3. The van der Waals surface area contributed by atoms with E-state index in [0.29, 0.717) is 16.8 Å². The third-order valence-corrected chi connectivity index (χ3v) is 4.66. The zero-order chi connectivity index (χ0) is 14.0. The lowest BCUT2D eigenvalue weighted by atomic mass is 9.78. The Bertz CT molecular complexity index is 473. The van der Waals surface area contributed by atoms with Crippen molar-refractivity contribution >= 4 is 15.9 Å². The van der Waals surface area contributed by atoms with Gasteiger partial charge in [0.05, 0.1) is 14.2 Å². The van der Waals surface area contributed by atoms with Gasteiger partial charge in [0, 0.05) is 22.0 Å². The molecule has 1 aliphatic carbocycles. The van der Waals surface area contributed by atoms with E-state index in [1.165, 1.54) is 20.3 Å². The van der Waals surface area contributed by atoms with Crippen LogP contribution in [0.2, 0.25) is 0 Å². The summed E-state index contributed by atoms with van der Waals surface area (Å²) in [6, 6.07) is 1.44. The average Bonchev–Trinajstić information content (AvgIpc) is 2.87. The van der Waals surface area contributed by atoms with E-state index in [1.54, 1.807) is 0 Å². The fraction of sp³-hybridized carbons (Fsp3) is 0.571. The molecule has 0 radical (unpaired) electrons. The Morgan fingerprint density at radius 3 is 2.32 bits per heavy atom. The SMILES string of the molecule is COc1c(F)cc(Br)c(C2(CN)CCCC2)c1OC. The van der Waals surface area contributed by atoms with E-state index in [4.69, 9.17) is 15.2 Å². The first kappa shape index (κ1) is 14.6. The molecule has 0 bridgehead atoms. The number of halogens is 2. The molecule has 0 saturated heterocycles. The molecule has 0 atom stereocenters. The summed E-state index contributed by atoms with van der Waals surface area (Å²) in [5.74, 6) is 0.183. The van der Waals surface area contributed by atoms with Gasteiger partial charge in [-0.1, -0.05) is 28.8 Å². The molecule has 1 aromatic carbocycles. The van der Waals surface area contributed by atoms with E-state index in [0.717, 1.165) is 31.2 Å². The summed E-state index contributed by atoms with van der Waals surface area (Å²) in [6.45, 7) is 0.525. The van der Waals surface area contributed by atoms with Crippen LogP contribution >= 0.6 is 15.9 Å². The molecule has 5 heteroatoms. The highest BCUT2D eigenvalue weighted by atomic mass is 79.9. The van der Waals surface area contributed by atoms with Crippen molar-refractivity contribution in [3.05, 3.63) is 21.9 Å². The van der Waals surface area contributed by atoms with Gasteiger partial charge in [-0.2, -0.15) is 0 Å². The van der Waals surface area contributed by atoms with Crippen molar-refractivity contribution in [3.8, 4) is 11.5 Å². The quantitative estimate of drug-likeness (QED) is 0.919. The van der Waals surface area contributed by atoms with Gasteiger partial charge in [0.2, 0.25) is 0 Å². The van der Waals surface area contributed by atoms with Crippen LogP contribution in [0.3, 0.4) is 0 Å². The van der Waals surface area contributed by atoms with Gasteiger partial charge in [0.15, 0.2) is 17.3 Å². The minimum atomic E-state index is -0.430. The molecule has 3 nitrogen and oxygen atoms in total. The predicted molar refractivity (Wildman–Crippen MR) is 76.4 cm³/mol. The zero-order valence-electron chi connectivity index (χ0n) is 11.3. The van der Waals surface area contributed by atoms with Crippen LogP contribution < -0.4 is 15.2 Å². The van der Waals surface area contributed by atoms with Crippen molar-refractivity contribution in [1.29, 1.82) is 0 Å². The largest absolute Gasteiger partial charge is 0.492 e. The summed E-state index contributed by atoms with van der Waals surface area (Å²) in [4.78, 5) is 0. The monoisotopic (exact) mass is 331 g/mol. The zero-order valence-corrected chi connectivity index (χ0v) is 12.8. The second kappa shape index (κ2) is 5.67. The van der Waals surface area contributed by atoms with Gasteiger partial charge in [-0.25, -0.2) is 4.39 Å². The van der Waals surface area contributed by atoms with E-state index in [1.807, 2.05) is 0 Å². The van der Waals surface area contributed by atoms with Crippen molar-refractivity contribution in [2.24, 2.45) is 5.73 Å². The highest BCUT2D eigenvalue weighted by Gasteiger charge is 2.40. The average molecular weight is 332 g/mol. The third kappa shape index (κ3) is 2.34. The van der Waals surface area contributed by atoms with Crippen LogP contribution in [0.4, 0.5) is 4.39 Å². The lowest BCUT2D eigenvalue weighted by Gasteiger charge is -2.31. The molecule has 106 valence electrons. The maximum atomic E-state index is 13.9. The van der Waals surface area contributed by atoms with Crippen LogP contribution in [0.15, 0.2) is 10.5 Å². The van der Waals surface area contributed by atoms with E-state index in [9.17, 15) is 4.39 Å². The summed E-state index contributed by atoms with van der Waals surface area (Å²) < 4.78 is 25.2. The molecule has 2 N–H and O–H groups in total. The van der Waals surface area contributed by atoms with Crippen molar-refractivity contribution in [3.63, 3.8) is 0 Å². The second-order valence-electron chi connectivity index (χ2n) is 4.97. The van der Waals surface area contributed by atoms with Crippen LogP contribution in [0.25, 0.3) is 0 Å². The van der Waals surface area contributed by atoms with Crippen LogP contribution in [0.5, 0.6) is 11.5 Å². The molecule has 1 fully saturated rings. The van der Waals surface area contributed by atoms with Crippen LogP contribution in [-0.2, 0) is 5.41 Å². The van der Waals surface area contributed by atoms with E-state index in [-0.39, 0.29) is 11.2 Å². The molecule has 2 rings (SSSR count). The molecule has 0 unspecified atom stereocenters. The molecular weight excluding hydrogens is 313 g/mol. The molecule has 1 aliphatic rings. The van der Waals surface area contributed by atoms with E-state index >= 15 is 0 Å². The molecule has 19 heavy (non-hydrogen) atoms. The smallest absolute Gasteiger partial charge is 0.197 e. The second-order valence-corrected chi connectivity index (χ2v) is 5.83. The highest BCUT2D eigenvalue weighted by Crippen LogP contribution is 2.50. The summed E-state index contributed by atoms with van der Waals surface area (Å²) >= 11 is 3.46. The van der Waals surface area contributed by atoms with Gasteiger partial charge in [0.25, 0.3) is 0 Å². The first-order chi connectivity index (χ1) is 9.09. The number of nitrogens with two attached hydrogens (primary N) is 1. The minimum absolute atomic E-state index is 0.148. The lowest BCUT2D eigenvalue weighted by molar-refractivity contribution is 0.321. The number of rotatable bonds is 4. The Labute approximate surface area is 121 Å². The molecule has 0 heterocycles. The summed E-state index contributed by atoms with van der Waals surface area (Å²) in [5.41, 5.74) is 6.80. The van der Waals surface area contributed by atoms with Crippen molar-refractivity contribution in [1.82, 2.24) is 0 Å². The maximum Gasteiger partial charge on any atom is 0.197 e. The van der Waals surface area contributed by atoms with E-state index in [2.05, 4.69) is 15.9 Å². The Balaban J connectivity index is 2.67. The van der Waals surface area contributed by atoms with Gasteiger partial charge in [-0.05, 0) is 18.9 Å². The summed E-state index contributed by atoms with van der Waals surface area (Å²) in [6.07, 6.45) is 4.25. The Kier molecular flexibility index (Phi) is 4.36. The number of hydrogen-bond donors (Lipinski definition) is 1. The predicted octanol–water partition coefficient (Wildman–Crippen LogP) is 3.38. The first-order valence-electron chi connectivity index (χ1n) is 6.40. The number of benzene rings is 1. The molecule has 0 spiro atoms. The van der Waals surface area contributed by atoms with Crippen LogP contribution in [-0.4, -0.2) is 20.8 Å². The highest BCUT2D eigenvalue weighted by molar-refractivity contribution is 9.10. The topological polar surface area (TPSA) is 44.5 Å². The van der Waals surface area contributed by atoms with Crippen LogP contribution in [0.1, 0.15) is 31.2 Å². The lowest BCUT2D eigenvalue weighted by Crippen LogP contribution is -2.33. The fourth-order valence-corrected chi connectivity index (χ4v) is 3.87. The maximum absolute atomic E-state index is 13.9. The Hall–Kier alpha value is -0.810. The summed E-state index contributed by atoms with van der Waals surface area (Å²) in [5, 5.41) is 0. The van der Waals surface area contributed by atoms with Crippen molar-refractivity contribution in [2.45, 2.75) is 31.1 Å². The van der Waals surface area contributed by atoms with Crippen molar-refractivity contribution in [2.75, 3.05) is 20.8 Å². The number of methoxy groups -OCH3 is 2. The normalized spacial score (nSPS) is 17.5. The molecule has 0 amide bonds. The third-order valence-electron chi connectivity index (χ3n) is 4.03. The number of ether oxygens (including phenoxy) is 2. The fourth-order valence-electron chi connectivity index (χ4n) is 3.07. The molecule has 0 aliphatic heterocycles. The van der Waals surface area contributed by atoms with Crippen LogP contribution in [0, 0.1) is 5.82 Å². The first-order valence-corrected chi connectivity index (χ1v) is 7.19. The molecular formula is C14H19BrFNO2. The van der Waals surface area contributed by atoms with Gasteiger partial charge in [-0.15, -0.1) is 0 Å².